The lowest BCUT2D eigenvalue weighted by Gasteiger charge is -2.31. The number of esters is 1. The van der Waals surface area contributed by atoms with Crippen LogP contribution in [0.4, 0.5) is 18.0 Å². The number of aromatic nitrogens is 2. The zero-order valence-electron chi connectivity index (χ0n) is 17.6. The third-order valence-corrected chi connectivity index (χ3v) is 4.77. The van der Waals surface area contributed by atoms with Crippen LogP contribution in [-0.2, 0) is 22.6 Å². The van der Waals surface area contributed by atoms with Gasteiger partial charge in [-0.2, -0.15) is 13.2 Å². The van der Waals surface area contributed by atoms with Gasteiger partial charge in [0.25, 0.3) is 0 Å². The lowest BCUT2D eigenvalue weighted by atomic mass is 9.95. The number of imidazole rings is 1. The number of halogens is 3. The van der Waals surface area contributed by atoms with E-state index in [0.717, 1.165) is 4.57 Å². The summed E-state index contributed by atoms with van der Waals surface area (Å²) in [6.45, 7) is 0.836. The summed E-state index contributed by atoms with van der Waals surface area (Å²) < 4.78 is 44.6. The Kier molecular flexibility index (Phi) is 7.18. The van der Waals surface area contributed by atoms with Crippen LogP contribution in [0.15, 0.2) is 54.0 Å². The molecule has 1 unspecified atom stereocenters. The van der Waals surface area contributed by atoms with E-state index in [0.29, 0.717) is 11.3 Å². The first kappa shape index (κ1) is 23.3. The van der Waals surface area contributed by atoms with Crippen molar-refractivity contribution in [1.29, 1.82) is 0 Å². The standard InChI is InChI=1S/C21H24F3N5O3/c1-3-32-19(30)17-15(26-20(31)27-18(17)14-7-5-4-6-8-14)11-28(2)12-16-25-9-10-29(16)13-21(22,23)24/h4-10,18H,3,11-13H2,1-2H3,(H2,26,27,31). The van der Waals surface area contributed by atoms with Crippen LogP contribution < -0.4 is 10.6 Å². The molecule has 0 aliphatic carbocycles. The van der Waals surface area contributed by atoms with Crippen molar-refractivity contribution in [2.45, 2.75) is 32.2 Å². The van der Waals surface area contributed by atoms with E-state index >= 15 is 0 Å². The second-order valence-electron chi connectivity index (χ2n) is 7.31. The number of hydrogen-bond donors (Lipinski definition) is 2. The van der Waals surface area contributed by atoms with E-state index in [1.807, 2.05) is 6.07 Å². The van der Waals surface area contributed by atoms with Crippen LogP contribution in [-0.4, -0.2) is 52.8 Å². The summed E-state index contributed by atoms with van der Waals surface area (Å²) in [6.07, 6.45) is -1.81. The van der Waals surface area contributed by atoms with Crippen LogP contribution in [0.2, 0.25) is 0 Å². The highest BCUT2D eigenvalue weighted by Crippen LogP contribution is 2.28. The molecule has 1 aromatic carbocycles. The first-order valence-electron chi connectivity index (χ1n) is 9.96. The molecule has 32 heavy (non-hydrogen) atoms. The van der Waals surface area contributed by atoms with Crippen molar-refractivity contribution < 1.29 is 27.5 Å². The Morgan fingerprint density at radius 1 is 1.25 bits per heavy atom. The molecule has 0 radical (unpaired) electrons. The van der Waals surface area contributed by atoms with E-state index in [4.69, 9.17) is 4.74 Å². The van der Waals surface area contributed by atoms with Gasteiger partial charge in [-0.3, -0.25) is 4.90 Å². The van der Waals surface area contributed by atoms with Gasteiger partial charge in [0.15, 0.2) is 0 Å². The molecule has 2 heterocycles. The Bertz CT molecular complexity index is 988. The van der Waals surface area contributed by atoms with Gasteiger partial charge in [0.2, 0.25) is 0 Å². The van der Waals surface area contributed by atoms with Crippen LogP contribution in [0, 0.1) is 0 Å². The Balaban J connectivity index is 1.88. The van der Waals surface area contributed by atoms with E-state index in [9.17, 15) is 22.8 Å². The van der Waals surface area contributed by atoms with Crippen LogP contribution in [0.1, 0.15) is 24.4 Å². The highest BCUT2D eigenvalue weighted by molar-refractivity contribution is 5.95. The fourth-order valence-electron chi connectivity index (χ4n) is 3.48. The number of urea groups is 1. The number of nitrogens with one attached hydrogen (secondary N) is 2. The van der Waals surface area contributed by atoms with Gasteiger partial charge < -0.3 is 19.9 Å². The second-order valence-corrected chi connectivity index (χ2v) is 7.31. The predicted molar refractivity (Wildman–Crippen MR) is 109 cm³/mol. The molecular weight excluding hydrogens is 427 g/mol. The minimum absolute atomic E-state index is 0.0714. The minimum atomic E-state index is -4.38. The predicted octanol–water partition coefficient (Wildman–Crippen LogP) is 2.75. The Morgan fingerprint density at radius 2 is 1.97 bits per heavy atom. The summed E-state index contributed by atoms with van der Waals surface area (Å²) in [5.74, 6) is -0.376. The fourth-order valence-corrected chi connectivity index (χ4v) is 3.48. The molecule has 11 heteroatoms. The van der Waals surface area contributed by atoms with Gasteiger partial charge in [0.1, 0.15) is 12.4 Å². The number of likely N-dealkylation sites (N-methyl/N-ethyl adjacent to an activating group) is 1. The number of carbonyl (C=O) groups is 2. The van der Waals surface area contributed by atoms with Crippen molar-refractivity contribution in [2.75, 3.05) is 20.2 Å². The fraction of sp³-hybridized carbons (Fsp3) is 0.381. The maximum atomic E-state index is 12.8. The largest absolute Gasteiger partial charge is 0.463 e. The molecule has 1 aliphatic heterocycles. The SMILES string of the molecule is CCOC(=O)C1=C(CN(C)Cc2nccn2CC(F)(F)F)NC(=O)NC1c1ccccc1. The first-order chi connectivity index (χ1) is 15.2. The van der Waals surface area contributed by atoms with Gasteiger partial charge >= 0.3 is 18.2 Å². The van der Waals surface area contributed by atoms with E-state index in [2.05, 4.69) is 15.6 Å². The molecule has 0 fully saturated rings. The Morgan fingerprint density at radius 3 is 2.62 bits per heavy atom. The number of benzene rings is 1. The average molecular weight is 451 g/mol. The maximum Gasteiger partial charge on any atom is 0.406 e. The Hall–Kier alpha value is -3.34. The zero-order chi connectivity index (χ0) is 23.3. The van der Waals surface area contributed by atoms with E-state index in [-0.39, 0.29) is 31.1 Å². The third kappa shape index (κ3) is 5.88. The first-order valence-corrected chi connectivity index (χ1v) is 9.96. The van der Waals surface area contributed by atoms with Crippen molar-refractivity contribution in [2.24, 2.45) is 0 Å². The van der Waals surface area contributed by atoms with Gasteiger partial charge in [-0.25, -0.2) is 14.6 Å². The van der Waals surface area contributed by atoms with Crippen molar-refractivity contribution in [3.8, 4) is 0 Å². The second kappa shape index (κ2) is 9.86. The van der Waals surface area contributed by atoms with Crippen molar-refractivity contribution in [3.63, 3.8) is 0 Å². The number of alkyl halides is 3. The molecule has 0 spiro atoms. The molecule has 2 N–H and O–H groups in total. The van der Waals surface area contributed by atoms with Crippen LogP contribution in [0.25, 0.3) is 0 Å². The minimum Gasteiger partial charge on any atom is -0.463 e. The normalized spacial score (nSPS) is 16.7. The lowest BCUT2D eigenvalue weighted by Crippen LogP contribution is -2.48. The number of hydrogen-bond acceptors (Lipinski definition) is 5. The summed E-state index contributed by atoms with van der Waals surface area (Å²) in [5.41, 5.74) is 1.26. The van der Waals surface area contributed by atoms with Crippen LogP contribution in [0.3, 0.4) is 0 Å². The Labute approximate surface area is 183 Å². The zero-order valence-corrected chi connectivity index (χ0v) is 17.6. The summed E-state index contributed by atoms with van der Waals surface area (Å²) in [5, 5.41) is 5.39. The summed E-state index contributed by atoms with van der Waals surface area (Å²) in [7, 11) is 1.66. The highest BCUT2D eigenvalue weighted by Gasteiger charge is 2.34. The number of nitrogens with zero attached hydrogens (tertiary/aromatic N) is 3. The van der Waals surface area contributed by atoms with Gasteiger partial charge in [-0.15, -0.1) is 0 Å². The highest BCUT2D eigenvalue weighted by atomic mass is 19.4. The molecule has 2 aromatic rings. The van der Waals surface area contributed by atoms with Gasteiger partial charge in [0, 0.05) is 24.6 Å². The molecule has 8 nitrogen and oxygen atoms in total. The van der Waals surface area contributed by atoms with Crippen molar-refractivity contribution in [3.05, 3.63) is 65.4 Å². The molecule has 0 saturated heterocycles. The van der Waals surface area contributed by atoms with Crippen LogP contribution >= 0.6 is 0 Å². The molecule has 1 aromatic heterocycles. The molecule has 172 valence electrons. The molecule has 3 rings (SSSR count). The van der Waals surface area contributed by atoms with Gasteiger partial charge in [-0.05, 0) is 19.5 Å². The monoisotopic (exact) mass is 451 g/mol. The van der Waals surface area contributed by atoms with Crippen molar-refractivity contribution >= 4 is 12.0 Å². The number of carbonyl (C=O) groups excluding carboxylic acids is 2. The molecule has 1 aliphatic rings. The number of rotatable bonds is 8. The van der Waals surface area contributed by atoms with Crippen LogP contribution in [0.5, 0.6) is 0 Å². The summed E-state index contributed by atoms with van der Waals surface area (Å²) in [6, 6.07) is 7.75. The molecule has 0 bridgehead atoms. The van der Waals surface area contributed by atoms with Gasteiger partial charge in [-0.1, -0.05) is 30.3 Å². The number of amides is 2. The summed E-state index contributed by atoms with van der Waals surface area (Å²) in [4.78, 5) is 30.8. The maximum absolute atomic E-state index is 12.8. The van der Waals surface area contributed by atoms with E-state index in [1.165, 1.54) is 12.4 Å². The molecule has 2 amide bonds. The smallest absolute Gasteiger partial charge is 0.406 e. The van der Waals surface area contributed by atoms with E-state index < -0.39 is 30.8 Å². The van der Waals surface area contributed by atoms with Gasteiger partial charge in [0.05, 0.1) is 24.8 Å². The average Bonchev–Trinajstić information content (AvgIpc) is 3.12. The lowest BCUT2D eigenvalue weighted by molar-refractivity contribution is -0.141. The summed E-state index contributed by atoms with van der Waals surface area (Å²) >= 11 is 0. The molecular formula is C21H24F3N5O3. The topological polar surface area (TPSA) is 88.5 Å². The molecule has 1 atom stereocenters. The quantitative estimate of drug-likeness (QED) is 0.603. The third-order valence-electron chi connectivity index (χ3n) is 4.77. The van der Waals surface area contributed by atoms with E-state index in [1.54, 1.807) is 43.1 Å². The van der Waals surface area contributed by atoms with Crippen molar-refractivity contribution in [1.82, 2.24) is 25.1 Å². The number of ether oxygens (including phenoxy) is 1. The molecule has 0 saturated carbocycles.